The van der Waals surface area contributed by atoms with E-state index in [-0.39, 0.29) is 23.6 Å². The van der Waals surface area contributed by atoms with E-state index < -0.39 is 34.0 Å². The predicted octanol–water partition coefficient (Wildman–Crippen LogP) is 1.87. The Kier molecular flexibility index (Phi) is 5.30. The SMILES string of the molecule is COc1cc(/C=C2\C(=O)NC(=O)N(Cc3ccco3)C2=O)c([N+](=O)[O-])cc1OC. The quantitative estimate of drug-likeness (QED) is 0.335. The van der Waals surface area contributed by atoms with Gasteiger partial charge in [-0.25, -0.2) is 4.79 Å². The van der Waals surface area contributed by atoms with Crippen molar-refractivity contribution in [2.45, 2.75) is 6.54 Å². The summed E-state index contributed by atoms with van der Waals surface area (Å²) in [4.78, 5) is 48.5. The fourth-order valence-corrected chi connectivity index (χ4v) is 2.71. The summed E-state index contributed by atoms with van der Waals surface area (Å²) >= 11 is 0. The minimum absolute atomic E-state index is 0.0709. The van der Waals surface area contributed by atoms with E-state index in [4.69, 9.17) is 13.9 Å². The number of carbonyl (C=O) groups is 3. The summed E-state index contributed by atoms with van der Waals surface area (Å²) in [5.74, 6) is -1.30. The average Bonchev–Trinajstić information content (AvgIpc) is 3.20. The van der Waals surface area contributed by atoms with E-state index in [0.29, 0.717) is 5.76 Å². The van der Waals surface area contributed by atoms with Crippen LogP contribution in [0.2, 0.25) is 0 Å². The molecule has 0 atom stereocenters. The number of nitro groups is 1. The highest BCUT2D eigenvalue weighted by molar-refractivity contribution is 6.31. The lowest BCUT2D eigenvalue weighted by molar-refractivity contribution is -0.385. The van der Waals surface area contributed by atoms with E-state index >= 15 is 0 Å². The van der Waals surface area contributed by atoms with Gasteiger partial charge in [0.15, 0.2) is 11.5 Å². The highest BCUT2D eigenvalue weighted by Crippen LogP contribution is 2.36. The van der Waals surface area contributed by atoms with E-state index in [9.17, 15) is 24.5 Å². The molecule has 1 fully saturated rings. The van der Waals surface area contributed by atoms with E-state index in [1.165, 1.54) is 26.5 Å². The molecule has 0 unspecified atom stereocenters. The zero-order valence-electron chi connectivity index (χ0n) is 15.3. The van der Waals surface area contributed by atoms with Crippen molar-refractivity contribution in [2.75, 3.05) is 14.2 Å². The number of urea groups is 1. The largest absolute Gasteiger partial charge is 0.493 e. The summed E-state index contributed by atoms with van der Waals surface area (Å²) in [6.45, 7) is -0.212. The van der Waals surface area contributed by atoms with Crippen LogP contribution in [0.5, 0.6) is 11.5 Å². The van der Waals surface area contributed by atoms with Gasteiger partial charge in [-0.15, -0.1) is 0 Å². The molecule has 1 aliphatic rings. The molecule has 3 rings (SSSR count). The molecule has 1 N–H and O–H groups in total. The number of nitrogens with zero attached hydrogens (tertiary/aromatic N) is 2. The van der Waals surface area contributed by atoms with Crippen LogP contribution in [0.3, 0.4) is 0 Å². The molecule has 4 amide bonds. The smallest absolute Gasteiger partial charge is 0.331 e. The number of nitrogens with one attached hydrogen (secondary N) is 1. The van der Waals surface area contributed by atoms with Gasteiger partial charge in [0.2, 0.25) is 0 Å². The number of hydrogen-bond donors (Lipinski definition) is 1. The van der Waals surface area contributed by atoms with Crippen molar-refractivity contribution in [3.63, 3.8) is 0 Å². The number of furan rings is 1. The predicted molar refractivity (Wildman–Crippen MR) is 97.0 cm³/mol. The summed E-state index contributed by atoms with van der Waals surface area (Å²) < 4.78 is 15.3. The zero-order chi connectivity index (χ0) is 21.1. The van der Waals surface area contributed by atoms with Crippen LogP contribution >= 0.6 is 0 Å². The third-order valence-corrected chi connectivity index (χ3v) is 4.11. The first-order chi connectivity index (χ1) is 13.8. The molecule has 0 spiro atoms. The number of benzene rings is 1. The van der Waals surface area contributed by atoms with Gasteiger partial charge in [-0.05, 0) is 24.3 Å². The molecule has 1 aromatic carbocycles. The van der Waals surface area contributed by atoms with Crippen molar-refractivity contribution in [2.24, 2.45) is 0 Å². The minimum atomic E-state index is -0.972. The van der Waals surface area contributed by atoms with Crippen molar-refractivity contribution >= 4 is 29.6 Å². The second-order valence-corrected chi connectivity index (χ2v) is 5.81. The van der Waals surface area contributed by atoms with E-state index in [2.05, 4.69) is 0 Å². The molecule has 0 bridgehead atoms. The fourth-order valence-electron chi connectivity index (χ4n) is 2.71. The first-order valence-corrected chi connectivity index (χ1v) is 8.17. The standard InChI is InChI=1S/C18H15N3O8/c1-27-14-7-10(13(21(25)26)8-15(14)28-2)6-12-16(22)19-18(24)20(17(12)23)9-11-4-3-5-29-11/h3-8H,9H2,1-2H3,(H,19,22,24)/b12-6+. The first-order valence-electron chi connectivity index (χ1n) is 8.17. The van der Waals surface area contributed by atoms with Gasteiger partial charge in [-0.2, -0.15) is 0 Å². The molecule has 1 aromatic heterocycles. The number of ether oxygens (including phenoxy) is 2. The van der Waals surface area contributed by atoms with Crippen molar-refractivity contribution < 1.29 is 33.2 Å². The maximum Gasteiger partial charge on any atom is 0.331 e. The Morgan fingerprint density at radius 3 is 2.48 bits per heavy atom. The molecular weight excluding hydrogens is 386 g/mol. The molecule has 0 aliphatic carbocycles. The number of methoxy groups -OCH3 is 2. The number of nitro benzene ring substituents is 1. The van der Waals surface area contributed by atoms with Crippen LogP contribution in [0.4, 0.5) is 10.5 Å². The Balaban J connectivity index is 2.05. The van der Waals surface area contributed by atoms with E-state index in [1.54, 1.807) is 12.1 Å². The van der Waals surface area contributed by atoms with Crippen LogP contribution in [0.15, 0.2) is 40.5 Å². The number of amides is 4. The van der Waals surface area contributed by atoms with Crippen LogP contribution in [-0.4, -0.2) is 41.9 Å². The average molecular weight is 401 g/mol. The van der Waals surface area contributed by atoms with Gasteiger partial charge in [0.25, 0.3) is 17.5 Å². The van der Waals surface area contributed by atoms with Gasteiger partial charge in [0.05, 0.1) is 43.6 Å². The molecule has 0 radical (unpaired) electrons. The lowest BCUT2D eigenvalue weighted by Crippen LogP contribution is -2.53. The molecule has 0 saturated carbocycles. The number of hydrogen-bond acceptors (Lipinski definition) is 8. The second-order valence-electron chi connectivity index (χ2n) is 5.81. The Morgan fingerprint density at radius 1 is 1.21 bits per heavy atom. The van der Waals surface area contributed by atoms with Crippen molar-refractivity contribution in [1.29, 1.82) is 0 Å². The van der Waals surface area contributed by atoms with Crippen molar-refractivity contribution in [1.82, 2.24) is 10.2 Å². The summed E-state index contributed by atoms with van der Waals surface area (Å²) in [5.41, 5.74) is -0.935. The van der Waals surface area contributed by atoms with Crippen molar-refractivity contribution in [3.05, 3.63) is 57.5 Å². The van der Waals surface area contributed by atoms with Gasteiger partial charge < -0.3 is 13.9 Å². The van der Waals surface area contributed by atoms with Gasteiger partial charge >= 0.3 is 6.03 Å². The number of carbonyl (C=O) groups excluding carboxylic acids is 3. The normalized spacial score (nSPS) is 15.4. The minimum Gasteiger partial charge on any atom is -0.493 e. The summed E-state index contributed by atoms with van der Waals surface area (Å²) in [6, 6.07) is 4.59. The van der Waals surface area contributed by atoms with Crippen LogP contribution in [-0.2, 0) is 16.1 Å². The number of rotatable bonds is 6. The highest BCUT2D eigenvalue weighted by Gasteiger charge is 2.36. The Labute approximate surface area is 163 Å². The maximum atomic E-state index is 12.7. The van der Waals surface area contributed by atoms with E-state index in [0.717, 1.165) is 17.0 Å². The highest BCUT2D eigenvalue weighted by atomic mass is 16.6. The fraction of sp³-hybridized carbons (Fsp3) is 0.167. The molecule has 11 heteroatoms. The molecule has 1 aliphatic heterocycles. The van der Waals surface area contributed by atoms with Gasteiger partial charge in [0, 0.05) is 0 Å². The lowest BCUT2D eigenvalue weighted by Gasteiger charge is -2.25. The number of barbiturate groups is 1. The lowest BCUT2D eigenvalue weighted by atomic mass is 10.0. The third kappa shape index (κ3) is 3.78. The maximum absolute atomic E-state index is 12.7. The first kappa shape index (κ1) is 19.6. The third-order valence-electron chi connectivity index (χ3n) is 4.11. The monoisotopic (exact) mass is 401 g/mol. The zero-order valence-corrected chi connectivity index (χ0v) is 15.3. The molecule has 29 heavy (non-hydrogen) atoms. The number of imide groups is 2. The second kappa shape index (κ2) is 7.84. The topological polar surface area (TPSA) is 141 Å². The van der Waals surface area contributed by atoms with Gasteiger partial charge in [-0.3, -0.25) is 29.9 Å². The van der Waals surface area contributed by atoms with Crippen LogP contribution < -0.4 is 14.8 Å². The molecular formula is C18H15N3O8. The molecule has 2 heterocycles. The van der Waals surface area contributed by atoms with Gasteiger partial charge in [0.1, 0.15) is 11.3 Å². The Hall–Kier alpha value is -4.15. The summed E-state index contributed by atoms with van der Waals surface area (Å²) in [7, 11) is 2.65. The van der Waals surface area contributed by atoms with E-state index in [1.807, 2.05) is 5.32 Å². The molecule has 11 nitrogen and oxygen atoms in total. The van der Waals surface area contributed by atoms with Gasteiger partial charge in [-0.1, -0.05) is 0 Å². The summed E-state index contributed by atoms with van der Waals surface area (Å²) in [5, 5.41) is 13.5. The Bertz CT molecular complexity index is 1030. The van der Waals surface area contributed by atoms with Crippen LogP contribution in [0, 0.1) is 10.1 Å². The molecule has 2 aromatic rings. The summed E-state index contributed by atoms with van der Waals surface area (Å²) in [6.07, 6.45) is 2.40. The molecule has 150 valence electrons. The Morgan fingerprint density at radius 2 is 1.90 bits per heavy atom. The molecule has 1 saturated heterocycles. The van der Waals surface area contributed by atoms with Crippen LogP contribution in [0.1, 0.15) is 11.3 Å². The van der Waals surface area contributed by atoms with Crippen molar-refractivity contribution in [3.8, 4) is 11.5 Å². The van der Waals surface area contributed by atoms with Crippen LogP contribution in [0.25, 0.3) is 6.08 Å².